The molecular weight excluding hydrogens is 294 g/mol. The summed E-state index contributed by atoms with van der Waals surface area (Å²) in [6, 6.07) is 3.90. The van der Waals surface area contributed by atoms with Crippen molar-refractivity contribution in [3.05, 3.63) is 35.4 Å². The summed E-state index contributed by atoms with van der Waals surface area (Å²) in [5.74, 6) is -0.164. The van der Waals surface area contributed by atoms with E-state index < -0.39 is 0 Å². The van der Waals surface area contributed by atoms with Crippen molar-refractivity contribution in [3.63, 3.8) is 0 Å². The van der Waals surface area contributed by atoms with Crippen molar-refractivity contribution in [2.75, 3.05) is 6.61 Å². The van der Waals surface area contributed by atoms with Gasteiger partial charge in [0.15, 0.2) is 0 Å². The summed E-state index contributed by atoms with van der Waals surface area (Å²) in [5, 5.41) is 11.5. The maximum atomic E-state index is 12.7. The van der Waals surface area contributed by atoms with E-state index in [9.17, 15) is 4.79 Å². The molecule has 7 heteroatoms. The Morgan fingerprint density at radius 2 is 2.26 bits per heavy atom. The molecule has 0 saturated carbocycles. The molecule has 3 rings (SSSR count). The van der Waals surface area contributed by atoms with Gasteiger partial charge >= 0.3 is 0 Å². The van der Waals surface area contributed by atoms with Crippen molar-refractivity contribution in [1.29, 1.82) is 0 Å². The SMILES string of the molecule is Cc1cc(CNC(=O)[C@@H]2CCCO[C@H]2c2ccnn2C)n(C)n1. The van der Waals surface area contributed by atoms with E-state index in [1.807, 2.05) is 33.2 Å². The first-order chi connectivity index (χ1) is 11.1. The number of rotatable bonds is 4. The van der Waals surface area contributed by atoms with Gasteiger partial charge < -0.3 is 10.1 Å². The number of aromatic nitrogens is 4. The normalized spacial score (nSPS) is 21.3. The summed E-state index contributed by atoms with van der Waals surface area (Å²) in [6.45, 7) is 3.10. The topological polar surface area (TPSA) is 74.0 Å². The molecule has 0 unspecified atom stereocenters. The maximum Gasteiger partial charge on any atom is 0.226 e. The number of nitrogens with zero attached hydrogens (tertiary/aromatic N) is 4. The first kappa shape index (κ1) is 15.7. The number of carbonyl (C=O) groups is 1. The zero-order valence-corrected chi connectivity index (χ0v) is 13.8. The smallest absolute Gasteiger partial charge is 0.226 e. The Morgan fingerprint density at radius 1 is 1.43 bits per heavy atom. The molecule has 2 aromatic heterocycles. The average molecular weight is 317 g/mol. The summed E-state index contributed by atoms with van der Waals surface area (Å²) in [5.41, 5.74) is 2.89. The molecule has 1 fully saturated rings. The van der Waals surface area contributed by atoms with Crippen LogP contribution in [0.3, 0.4) is 0 Å². The van der Waals surface area contributed by atoms with Gasteiger partial charge in [-0.15, -0.1) is 0 Å². The van der Waals surface area contributed by atoms with Crippen molar-refractivity contribution in [2.45, 2.75) is 32.4 Å². The molecule has 0 radical (unpaired) electrons. The van der Waals surface area contributed by atoms with Gasteiger partial charge in [0.2, 0.25) is 5.91 Å². The van der Waals surface area contributed by atoms with Crippen molar-refractivity contribution in [1.82, 2.24) is 24.9 Å². The van der Waals surface area contributed by atoms with Gasteiger partial charge in [0.1, 0.15) is 6.10 Å². The van der Waals surface area contributed by atoms with Crippen LogP contribution in [-0.4, -0.2) is 32.1 Å². The summed E-state index contributed by atoms with van der Waals surface area (Å²) < 4.78 is 9.45. The number of hydrogen-bond donors (Lipinski definition) is 1. The second-order valence-corrected chi connectivity index (χ2v) is 6.04. The lowest BCUT2D eigenvalue weighted by atomic mass is 9.91. The molecule has 7 nitrogen and oxygen atoms in total. The lowest BCUT2D eigenvalue weighted by molar-refractivity contribution is -0.135. The zero-order chi connectivity index (χ0) is 16.4. The first-order valence-electron chi connectivity index (χ1n) is 7.93. The molecular formula is C16H23N5O2. The Hall–Kier alpha value is -2.15. The van der Waals surface area contributed by atoms with Gasteiger partial charge in [-0.25, -0.2) is 0 Å². The van der Waals surface area contributed by atoms with Crippen LogP contribution in [0, 0.1) is 12.8 Å². The number of ether oxygens (including phenoxy) is 1. The van der Waals surface area contributed by atoms with E-state index in [1.54, 1.807) is 15.6 Å². The Labute approximate surface area is 135 Å². The standard InChI is InChI=1S/C16H23N5O2/c1-11-9-12(20(2)19-11)10-17-16(22)13-5-4-8-23-15(13)14-6-7-18-21(14)3/h6-7,9,13,15H,4-5,8,10H2,1-3H3,(H,17,22)/t13-,15-/m1/s1. The molecule has 0 spiro atoms. The van der Waals surface area contributed by atoms with Crippen LogP contribution in [0.2, 0.25) is 0 Å². The number of nitrogens with one attached hydrogen (secondary N) is 1. The van der Waals surface area contributed by atoms with Gasteiger partial charge in [-0.1, -0.05) is 0 Å². The second-order valence-electron chi connectivity index (χ2n) is 6.04. The van der Waals surface area contributed by atoms with E-state index in [4.69, 9.17) is 4.74 Å². The predicted molar refractivity (Wildman–Crippen MR) is 84.4 cm³/mol. The van der Waals surface area contributed by atoms with Crippen molar-refractivity contribution in [3.8, 4) is 0 Å². The predicted octanol–water partition coefficient (Wildman–Crippen LogP) is 1.25. The van der Waals surface area contributed by atoms with E-state index >= 15 is 0 Å². The molecule has 0 aromatic carbocycles. The van der Waals surface area contributed by atoms with Crippen LogP contribution in [0.1, 0.15) is 36.0 Å². The van der Waals surface area contributed by atoms with Crippen LogP contribution in [0.5, 0.6) is 0 Å². The fourth-order valence-corrected chi connectivity index (χ4v) is 3.14. The summed E-state index contributed by atoms with van der Waals surface area (Å²) >= 11 is 0. The quantitative estimate of drug-likeness (QED) is 0.921. The lowest BCUT2D eigenvalue weighted by Gasteiger charge is -2.30. The van der Waals surface area contributed by atoms with Gasteiger partial charge in [-0.2, -0.15) is 10.2 Å². The Bertz CT molecular complexity index is 690. The maximum absolute atomic E-state index is 12.7. The van der Waals surface area contributed by atoms with Gasteiger partial charge in [0.05, 0.1) is 29.5 Å². The Morgan fingerprint density at radius 3 is 2.91 bits per heavy atom. The third kappa shape index (κ3) is 3.29. The number of hydrogen-bond acceptors (Lipinski definition) is 4. The van der Waals surface area contributed by atoms with Crippen molar-refractivity contribution < 1.29 is 9.53 Å². The second kappa shape index (κ2) is 6.54. The van der Waals surface area contributed by atoms with E-state index in [0.717, 1.165) is 29.9 Å². The van der Waals surface area contributed by atoms with E-state index in [0.29, 0.717) is 13.2 Å². The van der Waals surface area contributed by atoms with Crippen LogP contribution in [0.15, 0.2) is 18.3 Å². The minimum atomic E-state index is -0.232. The fraction of sp³-hybridized carbons (Fsp3) is 0.562. The minimum Gasteiger partial charge on any atom is -0.371 e. The molecule has 124 valence electrons. The Kier molecular flexibility index (Phi) is 4.47. The highest BCUT2D eigenvalue weighted by molar-refractivity contribution is 5.79. The summed E-state index contributed by atoms with van der Waals surface area (Å²) in [4.78, 5) is 12.7. The van der Waals surface area contributed by atoms with E-state index in [2.05, 4.69) is 15.5 Å². The van der Waals surface area contributed by atoms with Crippen LogP contribution in [-0.2, 0) is 30.2 Å². The van der Waals surface area contributed by atoms with Gasteiger partial charge in [0, 0.05) is 26.9 Å². The van der Waals surface area contributed by atoms with Gasteiger partial charge in [0.25, 0.3) is 0 Å². The molecule has 3 heterocycles. The summed E-state index contributed by atoms with van der Waals surface area (Å²) in [7, 11) is 3.76. The molecule has 23 heavy (non-hydrogen) atoms. The highest BCUT2D eigenvalue weighted by atomic mass is 16.5. The molecule has 1 N–H and O–H groups in total. The van der Waals surface area contributed by atoms with Crippen molar-refractivity contribution in [2.24, 2.45) is 20.0 Å². The lowest BCUT2D eigenvalue weighted by Crippen LogP contribution is -2.38. The molecule has 2 aromatic rings. The zero-order valence-electron chi connectivity index (χ0n) is 13.8. The fourth-order valence-electron chi connectivity index (χ4n) is 3.14. The Balaban J connectivity index is 1.69. The van der Waals surface area contributed by atoms with Crippen LogP contribution < -0.4 is 5.32 Å². The molecule has 1 saturated heterocycles. The third-order valence-electron chi connectivity index (χ3n) is 4.35. The number of amides is 1. The molecule has 1 amide bonds. The molecule has 1 aliphatic rings. The highest BCUT2D eigenvalue weighted by Gasteiger charge is 2.34. The third-order valence-corrected chi connectivity index (χ3v) is 4.35. The van der Waals surface area contributed by atoms with Gasteiger partial charge in [-0.3, -0.25) is 14.2 Å². The minimum absolute atomic E-state index is 0.0229. The average Bonchev–Trinajstić information content (AvgIpc) is 3.10. The molecule has 2 atom stereocenters. The number of aryl methyl sites for hydroxylation is 3. The van der Waals surface area contributed by atoms with E-state index in [-0.39, 0.29) is 17.9 Å². The van der Waals surface area contributed by atoms with Crippen LogP contribution in [0.25, 0.3) is 0 Å². The number of carbonyl (C=O) groups excluding carboxylic acids is 1. The molecule has 0 aliphatic carbocycles. The van der Waals surface area contributed by atoms with Crippen LogP contribution >= 0.6 is 0 Å². The highest BCUT2D eigenvalue weighted by Crippen LogP contribution is 2.33. The van der Waals surface area contributed by atoms with E-state index in [1.165, 1.54) is 0 Å². The molecule has 1 aliphatic heterocycles. The summed E-state index contributed by atoms with van der Waals surface area (Å²) in [6.07, 6.45) is 3.23. The monoisotopic (exact) mass is 317 g/mol. The molecule has 0 bridgehead atoms. The largest absolute Gasteiger partial charge is 0.371 e. The first-order valence-corrected chi connectivity index (χ1v) is 7.93. The van der Waals surface area contributed by atoms with Gasteiger partial charge in [-0.05, 0) is 31.9 Å². The van der Waals surface area contributed by atoms with Crippen LogP contribution in [0.4, 0.5) is 0 Å². The van der Waals surface area contributed by atoms with Crippen molar-refractivity contribution >= 4 is 5.91 Å².